The summed E-state index contributed by atoms with van der Waals surface area (Å²) < 4.78 is 0. The molecule has 0 aliphatic heterocycles. The summed E-state index contributed by atoms with van der Waals surface area (Å²) in [6.07, 6.45) is 37.8. The van der Waals surface area contributed by atoms with Crippen LogP contribution >= 0.6 is 15.9 Å². The molecule has 0 atom stereocenters. The molecule has 0 spiro atoms. The largest absolute Gasteiger partial charge is 2.00 e. The average Bonchev–Trinajstić information content (AvgIpc) is 2.97. The molecule has 7 heteroatoms. The van der Waals surface area contributed by atoms with Gasteiger partial charge in [0.25, 0.3) is 0 Å². The number of halogens is 2. The first kappa shape index (κ1) is 55.1. The van der Waals surface area contributed by atoms with Crippen molar-refractivity contribution in [3.63, 3.8) is 0 Å². The first-order chi connectivity index (χ1) is 20.8. The molecule has 45 heavy (non-hydrogen) atoms. The third-order valence-electron chi connectivity index (χ3n) is 7.85. The molecular weight excluding hydrogens is 705 g/mol. The van der Waals surface area contributed by atoms with E-state index in [0.717, 1.165) is 36.9 Å². The smallest absolute Gasteiger partial charge is 1.00 e. The van der Waals surface area contributed by atoms with E-state index in [1.165, 1.54) is 148 Å². The molecule has 0 saturated carbocycles. The first-order valence-corrected chi connectivity index (χ1v) is 19.7. The van der Waals surface area contributed by atoms with Gasteiger partial charge in [0, 0.05) is 18.2 Å². The summed E-state index contributed by atoms with van der Waals surface area (Å²) in [4.78, 5) is 20.6. The number of carboxylic acid groups (broad SMARTS) is 2. The van der Waals surface area contributed by atoms with Crippen LogP contribution in [0.25, 0.3) is 0 Å². The van der Waals surface area contributed by atoms with Crippen molar-refractivity contribution in [1.29, 1.82) is 0 Å². The second-order valence-corrected chi connectivity index (χ2v) is 13.6. The zero-order valence-corrected chi connectivity index (χ0v) is 35.1. The van der Waals surface area contributed by atoms with Gasteiger partial charge in [-0.3, -0.25) is 9.59 Å². The van der Waals surface area contributed by atoms with Gasteiger partial charge in [-0.15, -0.1) is 0 Å². The first-order valence-electron chi connectivity index (χ1n) is 18.6. The van der Waals surface area contributed by atoms with Crippen molar-refractivity contribution in [3.8, 4) is 0 Å². The van der Waals surface area contributed by atoms with Crippen LogP contribution in [0.1, 0.15) is 214 Å². The number of rotatable bonds is 31. The third kappa shape index (κ3) is 67.7. The van der Waals surface area contributed by atoms with Gasteiger partial charge in [-0.2, -0.15) is 13.3 Å². The van der Waals surface area contributed by atoms with Crippen LogP contribution in [0.3, 0.4) is 0 Å². The van der Waals surface area contributed by atoms with Crippen LogP contribution in [-0.2, 0) is 9.59 Å². The fraction of sp³-hybridized carbons (Fsp3) is 0.921. The van der Waals surface area contributed by atoms with Gasteiger partial charge in [0.1, 0.15) is 0 Å². The van der Waals surface area contributed by atoms with Crippen LogP contribution in [0.2, 0.25) is 0 Å². The molecule has 0 fully saturated rings. The molecular formula is C38H76Br2MgO4. The van der Waals surface area contributed by atoms with E-state index in [4.69, 9.17) is 10.2 Å². The Hall–Kier alpha value is 0.666. The minimum Gasteiger partial charge on any atom is -1.00 e. The van der Waals surface area contributed by atoms with Gasteiger partial charge in [-0.1, -0.05) is 184 Å². The topological polar surface area (TPSA) is 74.6 Å². The van der Waals surface area contributed by atoms with Gasteiger partial charge in [-0.25, -0.2) is 0 Å². The third-order valence-corrected chi connectivity index (χ3v) is 8.42. The fourth-order valence-corrected chi connectivity index (χ4v) is 5.31. The van der Waals surface area contributed by atoms with E-state index in [2.05, 4.69) is 50.0 Å². The molecule has 0 aliphatic rings. The normalized spacial score (nSPS) is 10.2. The van der Waals surface area contributed by atoms with Crippen molar-refractivity contribution >= 4 is 50.9 Å². The van der Waals surface area contributed by atoms with Crippen molar-refractivity contribution < 1.29 is 36.8 Å². The van der Waals surface area contributed by atoms with Crippen molar-refractivity contribution in [2.75, 3.05) is 5.33 Å². The fourth-order valence-electron chi connectivity index (χ4n) is 4.91. The summed E-state index contributed by atoms with van der Waals surface area (Å²) in [5, 5.41) is 18.2. The van der Waals surface area contributed by atoms with Crippen LogP contribution in [0.4, 0.5) is 0 Å². The van der Waals surface area contributed by atoms with E-state index in [0.29, 0.717) is 12.8 Å². The van der Waals surface area contributed by atoms with Gasteiger partial charge >= 0.3 is 35.0 Å². The molecule has 4 nitrogen and oxygen atoms in total. The van der Waals surface area contributed by atoms with E-state index < -0.39 is 11.9 Å². The molecule has 268 valence electrons. The molecule has 0 aromatic carbocycles. The van der Waals surface area contributed by atoms with Crippen LogP contribution in [0, 0.1) is 12.3 Å². The van der Waals surface area contributed by atoms with E-state index in [1.54, 1.807) is 0 Å². The Balaban J connectivity index is -0.000000205. The predicted molar refractivity (Wildman–Crippen MR) is 199 cm³/mol. The van der Waals surface area contributed by atoms with Crippen LogP contribution in [-0.4, -0.2) is 50.5 Å². The second-order valence-electron chi connectivity index (χ2n) is 12.8. The molecule has 0 aromatic rings. The number of carboxylic acids is 2. The van der Waals surface area contributed by atoms with Crippen molar-refractivity contribution in [3.05, 3.63) is 6.42 Å². The minimum atomic E-state index is -0.657. The molecule has 0 rings (SSSR count). The molecule has 2 N–H and O–H groups in total. The number of alkyl halides is 1. The summed E-state index contributed by atoms with van der Waals surface area (Å²) in [5.41, 5.74) is 0. The summed E-state index contributed by atoms with van der Waals surface area (Å²) in [6, 6.07) is 0. The summed E-state index contributed by atoms with van der Waals surface area (Å²) >= 11 is 3.45. The molecule has 0 radical (unpaired) electrons. The molecule has 0 unspecified atom stereocenters. The summed E-state index contributed by atoms with van der Waals surface area (Å²) in [5.74, 6) is -0.441. The molecule has 0 heterocycles. The van der Waals surface area contributed by atoms with E-state index >= 15 is 0 Å². The average molecular weight is 781 g/mol. The van der Waals surface area contributed by atoms with Crippen molar-refractivity contribution in [2.45, 2.75) is 214 Å². The van der Waals surface area contributed by atoms with Gasteiger partial charge in [0.15, 0.2) is 0 Å². The van der Waals surface area contributed by atoms with Gasteiger partial charge < -0.3 is 33.6 Å². The second kappa shape index (κ2) is 51.5. The number of carbonyl (C=O) groups is 2. The van der Waals surface area contributed by atoms with Gasteiger partial charge in [0.05, 0.1) is 0 Å². The van der Waals surface area contributed by atoms with Crippen LogP contribution in [0.5, 0.6) is 0 Å². The van der Waals surface area contributed by atoms with E-state index in [9.17, 15) is 9.59 Å². The van der Waals surface area contributed by atoms with E-state index in [1.807, 2.05) is 0 Å². The quantitative estimate of drug-likeness (QED) is 0.0318. The standard InChI is InChI=1S/C19H38O2.C15H29BrO2.C4H9.BrH.Mg/c1-18(2)16-14-12-10-8-6-4-3-5-7-9-11-13-15-17-19(20)21;16-14-12-10-8-6-4-2-1-3-5-7-9-11-13-15(17)18;1-3-4-2;;/h18H,3-17H2,1-2H3,(H,20,21);1-14H2,(H,17,18);3H,4H2,1-2H3;1H;/q;;-1;;+2/p-1. The monoisotopic (exact) mass is 778 g/mol. The number of unbranched alkanes of at least 4 members (excludes halogenated alkanes) is 24. The maximum atomic E-state index is 10.3. The maximum absolute atomic E-state index is 10.3. The minimum absolute atomic E-state index is 0. The molecule has 0 saturated heterocycles. The summed E-state index contributed by atoms with van der Waals surface area (Å²) in [6.45, 7) is 8.80. The Bertz CT molecular complexity index is 534. The number of hydrogen-bond donors (Lipinski definition) is 2. The molecule has 0 amide bonds. The predicted octanol–water partition coefficient (Wildman–Crippen LogP) is 10.4. The van der Waals surface area contributed by atoms with Crippen molar-refractivity contribution in [1.82, 2.24) is 0 Å². The molecule has 0 aliphatic carbocycles. The Morgan fingerprint density at radius 1 is 0.533 bits per heavy atom. The summed E-state index contributed by atoms with van der Waals surface area (Å²) in [7, 11) is 0. The molecule has 0 aromatic heterocycles. The van der Waals surface area contributed by atoms with Gasteiger partial charge in [0.2, 0.25) is 0 Å². The zero-order valence-electron chi connectivity index (χ0n) is 30.5. The molecule has 0 bridgehead atoms. The van der Waals surface area contributed by atoms with Crippen molar-refractivity contribution in [2.24, 2.45) is 5.92 Å². The zero-order chi connectivity index (χ0) is 32.7. The van der Waals surface area contributed by atoms with Crippen LogP contribution < -0.4 is 17.0 Å². The Morgan fingerprint density at radius 3 is 0.956 bits per heavy atom. The Labute approximate surface area is 317 Å². The SMILES string of the molecule is CC(C)CCCCCCCCCCCCCCCC(=O)O.C[CH-]CC.O=C(O)CCCCCCCCCCCCCCBr.[Br-].[Mg+2]. The number of hydrogen-bond acceptors (Lipinski definition) is 2. The van der Waals surface area contributed by atoms with Crippen LogP contribution in [0.15, 0.2) is 0 Å². The van der Waals surface area contributed by atoms with Gasteiger partial charge in [-0.05, 0) is 25.2 Å². The Morgan fingerprint density at radius 2 is 0.756 bits per heavy atom. The Kier molecular flexibility index (Phi) is 63.0. The number of aliphatic carboxylic acids is 2. The maximum Gasteiger partial charge on any atom is 2.00 e. The van der Waals surface area contributed by atoms with E-state index in [-0.39, 0.29) is 40.0 Å².